The molecule has 6 heteroatoms. The Kier molecular flexibility index (Phi) is 5.81. The Balaban J connectivity index is 1.31. The molecule has 1 aromatic carbocycles. The summed E-state index contributed by atoms with van der Waals surface area (Å²) in [4.78, 5) is 28.8. The molecule has 6 nitrogen and oxygen atoms in total. The SMILES string of the molecule is CC(=O)c1cc(C(=O)N2CCC3(CCCN(CCCc4ccccc4)C3)C2)[nH]n1. The molecule has 2 aliphatic heterocycles. The number of rotatable bonds is 6. The number of likely N-dealkylation sites (tertiary alicyclic amines) is 2. The fourth-order valence-corrected chi connectivity index (χ4v) is 4.88. The van der Waals surface area contributed by atoms with Crippen molar-refractivity contribution in [2.75, 3.05) is 32.7 Å². The number of carbonyl (C=O) groups is 2. The maximum Gasteiger partial charge on any atom is 0.271 e. The molecule has 1 aromatic heterocycles. The normalized spacial score (nSPS) is 22.3. The molecular formula is C23H30N4O2. The maximum atomic E-state index is 12.8. The van der Waals surface area contributed by atoms with Gasteiger partial charge < -0.3 is 9.80 Å². The number of H-pyrrole nitrogens is 1. The average molecular weight is 395 g/mol. The third kappa shape index (κ3) is 4.58. The van der Waals surface area contributed by atoms with Crippen LogP contribution in [0.25, 0.3) is 0 Å². The van der Waals surface area contributed by atoms with Gasteiger partial charge in [0.05, 0.1) is 0 Å². The first-order chi connectivity index (χ1) is 14.0. The van der Waals surface area contributed by atoms with Crippen molar-refractivity contribution in [2.24, 2.45) is 5.41 Å². The maximum absolute atomic E-state index is 12.8. The number of ketones is 1. The molecule has 0 radical (unpaired) electrons. The number of amides is 1. The third-order valence-corrected chi connectivity index (χ3v) is 6.42. The van der Waals surface area contributed by atoms with Gasteiger partial charge in [0.1, 0.15) is 11.4 Å². The van der Waals surface area contributed by atoms with Crippen molar-refractivity contribution in [3.05, 3.63) is 53.3 Å². The number of hydrogen-bond acceptors (Lipinski definition) is 4. The van der Waals surface area contributed by atoms with E-state index in [-0.39, 0.29) is 17.1 Å². The second-order valence-electron chi connectivity index (χ2n) is 8.67. The fourth-order valence-electron chi connectivity index (χ4n) is 4.88. The second-order valence-corrected chi connectivity index (χ2v) is 8.67. The van der Waals surface area contributed by atoms with Crippen molar-refractivity contribution in [2.45, 2.75) is 39.0 Å². The van der Waals surface area contributed by atoms with Crippen molar-refractivity contribution in [3.8, 4) is 0 Å². The number of carbonyl (C=O) groups excluding carboxylic acids is 2. The number of aromatic amines is 1. The summed E-state index contributed by atoms with van der Waals surface area (Å²) in [5.41, 5.74) is 2.36. The zero-order valence-electron chi connectivity index (χ0n) is 17.2. The Morgan fingerprint density at radius 1 is 1.14 bits per heavy atom. The molecule has 1 atom stereocenters. The molecule has 0 aliphatic carbocycles. The van der Waals surface area contributed by atoms with Gasteiger partial charge in [-0.05, 0) is 56.8 Å². The van der Waals surface area contributed by atoms with Crippen molar-refractivity contribution in [1.82, 2.24) is 20.0 Å². The van der Waals surface area contributed by atoms with Crippen LogP contribution < -0.4 is 0 Å². The minimum absolute atomic E-state index is 0.0388. The van der Waals surface area contributed by atoms with Gasteiger partial charge in [0, 0.05) is 32.0 Å². The Labute approximate surface area is 172 Å². The molecular weight excluding hydrogens is 364 g/mol. The molecule has 2 aromatic rings. The van der Waals surface area contributed by atoms with Crippen LogP contribution in [0, 0.1) is 5.41 Å². The molecule has 154 valence electrons. The lowest BCUT2D eigenvalue weighted by Gasteiger charge is -2.40. The zero-order valence-corrected chi connectivity index (χ0v) is 17.2. The smallest absolute Gasteiger partial charge is 0.271 e. The van der Waals surface area contributed by atoms with E-state index in [4.69, 9.17) is 0 Å². The lowest BCUT2D eigenvalue weighted by molar-refractivity contribution is 0.0683. The highest BCUT2D eigenvalue weighted by Gasteiger charge is 2.43. The molecule has 1 spiro atoms. The highest BCUT2D eigenvalue weighted by Crippen LogP contribution is 2.39. The lowest BCUT2D eigenvalue weighted by atomic mass is 9.79. The zero-order chi connectivity index (χ0) is 20.3. The van der Waals surface area contributed by atoms with Crippen LogP contribution >= 0.6 is 0 Å². The van der Waals surface area contributed by atoms with E-state index in [0.717, 1.165) is 45.6 Å². The van der Waals surface area contributed by atoms with Crippen molar-refractivity contribution in [1.29, 1.82) is 0 Å². The van der Waals surface area contributed by atoms with Gasteiger partial charge in [0.25, 0.3) is 5.91 Å². The fraction of sp³-hybridized carbons (Fsp3) is 0.522. The summed E-state index contributed by atoms with van der Waals surface area (Å²) >= 11 is 0. The summed E-state index contributed by atoms with van der Waals surface area (Å²) in [6.45, 7) is 6.40. The van der Waals surface area contributed by atoms with Crippen LogP contribution in [0.1, 0.15) is 59.1 Å². The molecule has 2 fully saturated rings. The summed E-state index contributed by atoms with van der Waals surface area (Å²) in [6, 6.07) is 12.3. The number of nitrogens with one attached hydrogen (secondary N) is 1. The van der Waals surface area contributed by atoms with Crippen LogP contribution in [0.5, 0.6) is 0 Å². The topological polar surface area (TPSA) is 69.3 Å². The van der Waals surface area contributed by atoms with Crippen LogP contribution in [-0.2, 0) is 6.42 Å². The Morgan fingerprint density at radius 2 is 1.97 bits per heavy atom. The van der Waals surface area contributed by atoms with Gasteiger partial charge >= 0.3 is 0 Å². The van der Waals surface area contributed by atoms with Crippen LogP contribution in [0.15, 0.2) is 36.4 Å². The summed E-state index contributed by atoms with van der Waals surface area (Å²) in [7, 11) is 0. The molecule has 4 rings (SSSR count). The third-order valence-electron chi connectivity index (χ3n) is 6.42. The van der Waals surface area contributed by atoms with E-state index in [1.54, 1.807) is 6.07 Å². The van der Waals surface area contributed by atoms with Crippen molar-refractivity contribution < 1.29 is 9.59 Å². The van der Waals surface area contributed by atoms with Crippen molar-refractivity contribution in [3.63, 3.8) is 0 Å². The van der Waals surface area contributed by atoms with Gasteiger partial charge in [-0.2, -0.15) is 5.10 Å². The van der Waals surface area contributed by atoms with Gasteiger partial charge in [0.15, 0.2) is 5.78 Å². The number of hydrogen-bond donors (Lipinski definition) is 1. The lowest BCUT2D eigenvalue weighted by Crippen LogP contribution is -2.45. The van der Waals surface area contributed by atoms with E-state index in [1.807, 2.05) is 4.90 Å². The predicted molar refractivity (Wildman–Crippen MR) is 112 cm³/mol. The van der Waals surface area contributed by atoms with E-state index < -0.39 is 0 Å². The summed E-state index contributed by atoms with van der Waals surface area (Å²) in [5, 5.41) is 6.69. The first-order valence-electron chi connectivity index (χ1n) is 10.7. The van der Waals surface area contributed by atoms with E-state index in [2.05, 4.69) is 45.4 Å². The first-order valence-corrected chi connectivity index (χ1v) is 10.7. The van der Waals surface area contributed by atoms with E-state index in [9.17, 15) is 9.59 Å². The molecule has 2 aliphatic rings. The number of nitrogens with zero attached hydrogens (tertiary/aromatic N) is 3. The monoisotopic (exact) mass is 394 g/mol. The van der Waals surface area contributed by atoms with Crippen molar-refractivity contribution >= 4 is 11.7 Å². The van der Waals surface area contributed by atoms with Crippen LogP contribution in [0.3, 0.4) is 0 Å². The first kappa shape index (κ1) is 19.8. The highest BCUT2D eigenvalue weighted by molar-refractivity contribution is 5.97. The summed E-state index contributed by atoms with van der Waals surface area (Å²) in [6.07, 6.45) is 5.74. The van der Waals surface area contributed by atoms with E-state index >= 15 is 0 Å². The minimum atomic E-state index is -0.128. The Hall–Kier alpha value is -2.47. The summed E-state index contributed by atoms with van der Waals surface area (Å²) in [5.74, 6) is -0.167. The van der Waals surface area contributed by atoms with E-state index in [0.29, 0.717) is 11.4 Å². The minimum Gasteiger partial charge on any atom is -0.337 e. The van der Waals surface area contributed by atoms with Gasteiger partial charge in [-0.1, -0.05) is 30.3 Å². The summed E-state index contributed by atoms with van der Waals surface area (Å²) < 4.78 is 0. The van der Waals surface area contributed by atoms with E-state index in [1.165, 1.54) is 31.7 Å². The van der Waals surface area contributed by atoms with Gasteiger partial charge in [-0.25, -0.2) is 0 Å². The number of piperidine rings is 1. The molecule has 3 heterocycles. The molecule has 2 saturated heterocycles. The molecule has 1 unspecified atom stereocenters. The van der Waals surface area contributed by atoms with Gasteiger partial charge in [-0.15, -0.1) is 0 Å². The van der Waals surface area contributed by atoms with Crippen LogP contribution in [0.2, 0.25) is 0 Å². The number of benzene rings is 1. The average Bonchev–Trinajstić information content (AvgIpc) is 3.37. The quantitative estimate of drug-likeness (QED) is 0.764. The van der Waals surface area contributed by atoms with Gasteiger partial charge in [-0.3, -0.25) is 14.7 Å². The standard InChI is InChI=1S/C23H30N4O2/c1-18(28)20-15-21(25-24-20)22(29)27-14-11-23(17-27)10-6-13-26(16-23)12-5-9-19-7-3-2-4-8-19/h2-4,7-8,15H,5-6,9-14,16-17H2,1H3,(H,24,25). The van der Waals surface area contributed by atoms with Crippen LogP contribution in [0.4, 0.5) is 0 Å². The molecule has 1 amide bonds. The molecule has 29 heavy (non-hydrogen) atoms. The largest absolute Gasteiger partial charge is 0.337 e. The molecule has 0 bridgehead atoms. The Bertz CT molecular complexity index is 863. The highest BCUT2D eigenvalue weighted by atomic mass is 16.2. The number of Topliss-reactive ketones (excluding diaryl/α,β-unsaturated/α-hetero) is 1. The number of aromatic nitrogens is 2. The predicted octanol–water partition coefficient (Wildman–Crippen LogP) is 3.17. The Morgan fingerprint density at radius 3 is 2.72 bits per heavy atom. The molecule has 1 N–H and O–H groups in total. The second kappa shape index (κ2) is 8.49. The molecule has 0 saturated carbocycles. The van der Waals surface area contributed by atoms with Crippen LogP contribution in [-0.4, -0.2) is 64.4 Å². The van der Waals surface area contributed by atoms with Gasteiger partial charge in [0.2, 0.25) is 0 Å². The number of aryl methyl sites for hydroxylation is 1.